The molecular weight excluding hydrogens is 272 g/mol. The van der Waals surface area contributed by atoms with E-state index in [1.54, 1.807) is 6.07 Å². The highest BCUT2D eigenvalue weighted by Crippen LogP contribution is 2.41. The summed E-state index contributed by atoms with van der Waals surface area (Å²) in [6.07, 6.45) is 5.32. The van der Waals surface area contributed by atoms with Crippen LogP contribution in [0.3, 0.4) is 0 Å². The summed E-state index contributed by atoms with van der Waals surface area (Å²) in [6, 6.07) is 6.20. The van der Waals surface area contributed by atoms with Gasteiger partial charge in [-0.2, -0.15) is 0 Å². The fraction of sp³-hybridized carbons (Fsp3) is 0.625. The largest absolute Gasteiger partial charge is 0.506 e. The van der Waals surface area contributed by atoms with E-state index in [1.165, 1.54) is 31.2 Å². The number of hydrogen-bond acceptors (Lipinski definition) is 3. The van der Waals surface area contributed by atoms with Crippen molar-refractivity contribution in [3.63, 3.8) is 0 Å². The molecule has 3 nitrogen and oxygen atoms in total. The van der Waals surface area contributed by atoms with Crippen molar-refractivity contribution in [1.82, 2.24) is 10.2 Å². The second-order valence-electron chi connectivity index (χ2n) is 5.99. The van der Waals surface area contributed by atoms with Gasteiger partial charge in [0.1, 0.15) is 5.75 Å². The van der Waals surface area contributed by atoms with Gasteiger partial charge in [-0.25, -0.2) is 0 Å². The molecule has 2 N–H and O–H groups in total. The fourth-order valence-corrected chi connectivity index (χ4v) is 3.91. The molecule has 1 aliphatic heterocycles. The van der Waals surface area contributed by atoms with Crippen LogP contribution in [0.4, 0.5) is 0 Å². The highest BCUT2D eigenvalue weighted by molar-refractivity contribution is 6.32. The van der Waals surface area contributed by atoms with E-state index in [1.807, 2.05) is 12.1 Å². The topological polar surface area (TPSA) is 35.5 Å². The molecule has 1 aromatic rings. The van der Waals surface area contributed by atoms with Crippen molar-refractivity contribution in [3.8, 4) is 5.75 Å². The summed E-state index contributed by atoms with van der Waals surface area (Å²) in [5, 5.41) is 13.5. The third-order valence-corrected chi connectivity index (χ3v) is 5.01. The Bertz CT molecular complexity index is 454. The van der Waals surface area contributed by atoms with Gasteiger partial charge < -0.3 is 10.4 Å². The minimum absolute atomic E-state index is 0.181. The smallest absolute Gasteiger partial charge is 0.134 e. The Hall–Kier alpha value is -0.770. The summed E-state index contributed by atoms with van der Waals surface area (Å²) in [5.74, 6) is 0.912. The second-order valence-corrected chi connectivity index (χ2v) is 6.39. The number of piperazine rings is 1. The Labute approximate surface area is 125 Å². The van der Waals surface area contributed by atoms with E-state index in [4.69, 9.17) is 11.6 Å². The van der Waals surface area contributed by atoms with E-state index in [2.05, 4.69) is 10.2 Å². The molecule has 0 unspecified atom stereocenters. The third-order valence-electron chi connectivity index (χ3n) is 4.70. The number of aromatic hydroxyl groups is 1. The Morgan fingerprint density at radius 3 is 2.55 bits per heavy atom. The SMILES string of the molecule is Oc1ccc([C@@H](C2CCCC2)N2CCNCC2)cc1Cl. The molecule has 1 aliphatic carbocycles. The molecule has 1 heterocycles. The Kier molecular flexibility index (Phi) is 4.49. The van der Waals surface area contributed by atoms with Crippen LogP contribution in [-0.2, 0) is 0 Å². The lowest BCUT2D eigenvalue weighted by molar-refractivity contribution is 0.125. The van der Waals surface area contributed by atoms with Gasteiger partial charge in [0.25, 0.3) is 0 Å². The maximum Gasteiger partial charge on any atom is 0.134 e. The first-order valence-electron chi connectivity index (χ1n) is 7.69. The zero-order chi connectivity index (χ0) is 13.9. The molecule has 2 aliphatic rings. The number of rotatable bonds is 3. The number of halogens is 1. The molecule has 0 amide bonds. The van der Waals surface area contributed by atoms with Crippen molar-refractivity contribution in [3.05, 3.63) is 28.8 Å². The van der Waals surface area contributed by atoms with Crippen molar-refractivity contribution in [2.24, 2.45) is 5.92 Å². The lowest BCUT2D eigenvalue weighted by atomic mass is 9.89. The molecular formula is C16H23ClN2O. The second kappa shape index (κ2) is 6.33. The number of nitrogens with one attached hydrogen (secondary N) is 1. The number of hydrogen-bond donors (Lipinski definition) is 2. The average molecular weight is 295 g/mol. The summed E-state index contributed by atoms with van der Waals surface area (Å²) in [5.41, 5.74) is 1.27. The van der Waals surface area contributed by atoms with E-state index in [0.717, 1.165) is 32.1 Å². The van der Waals surface area contributed by atoms with Crippen molar-refractivity contribution in [1.29, 1.82) is 0 Å². The van der Waals surface area contributed by atoms with Gasteiger partial charge in [-0.15, -0.1) is 0 Å². The highest BCUT2D eigenvalue weighted by Gasteiger charge is 2.32. The number of nitrogens with zero attached hydrogens (tertiary/aromatic N) is 1. The van der Waals surface area contributed by atoms with Gasteiger partial charge in [-0.3, -0.25) is 4.90 Å². The predicted octanol–water partition coefficient (Wildman–Crippen LogP) is 3.18. The van der Waals surface area contributed by atoms with E-state index in [0.29, 0.717) is 11.1 Å². The summed E-state index contributed by atoms with van der Waals surface area (Å²) < 4.78 is 0. The van der Waals surface area contributed by atoms with Crippen LogP contribution in [0.2, 0.25) is 5.02 Å². The average Bonchev–Trinajstić information content (AvgIpc) is 2.98. The van der Waals surface area contributed by atoms with Crippen LogP contribution < -0.4 is 5.32 Å². The van der Waals surface area contributed by atoms with Gasteiger partial charge in [0.05, 0.1) is 5.02 Å². The zero-order valence-corrected chi connectivity index (χ0v) is 12.6. The number of benzene rings is 1. The molecule has 1 aromatic carbocycles. The van der Waals surface area contributed by atoms with E-state index < -0.39 is 0 Å². The molecule has 0 bridgehead atoms. The maximum absolute atomic E-state index is 9.65. The van der Waals surface area contributed by atoms with Gasteiger partial charge in [-0.05, 0) is 36.5 Å². The standard InChI is InChI=1S/C16H23ClN2O/c17-14-11-13(5-6-15(14)20)16(12-3-1-2-4-12)19-9-7-18-8-10-19/h5-6,11-12,16,18,20H,1-4,7-10H2/t16-/m1/s1. The van der Waals surface area contributed by atoms with Crippen molar-refractivity contribution in [2.75, 3.05) is 26.2 Å². The minimum Gasteiger partial charge on any atom is -0.506 e. The predicted molar refractivity (Wildman–Crippen MR) is 82.3 cm³/mol. The molecule has 20 heavy (non-hydrogen) atoms. The lowest BCUT2D eigenvalue weighted by Gasteiger charge is -2.38. The van der Waals surface area contributed by atoms with Gasteiger partial charge in [0, 0.05) is 32.2 Å². The number of phenolic OH excluding ortho intramolecular Hbond substituents is 1. The Morgan fingerprint density at radius 1 is 1.20 bits per heavy atom. The lowest BCUT2D eigenvalue weighted by Crippen LogP contribution is -2.46. The van der Waals surface area contributed by atoms with Crippen LogP contribution in [0.1, 0.15) is 37.3 Å². The van der Waals surface area contributed by atoms with Crippen LogP contribution in [0.25, 0.3) is 0 Å². The third kappa shape index (κ3) is 2.95. The molecule has 1 saturated heterocycles. The van der Waals surface area contributed by atoms with Gasteiger partial charge in [0.2, 0.25) is 0 Å². The molecule has 2 fully saturated rings. The summed E-state index contributed by atoms with van der Waals surface area (Å²) >= 11 is 6.12. The quantitative estimate of drug-likeness (QED) is 0.899. The van der Waals surface area contributed by atoms with Crippen molar-refractivity contribution in [2.45, 2.75) is 31.7 Å². The zero-order valence-electron chi connectivity index (χ0n) is 11.8. The monoisotopic (exact) mass is 294 g/mol. The Balaban J connectivity index is 1.88. The van der Waals surface area contributed by atoms with E-state index >= 15 is 0 Å². The minimum atomic E-state index is 0.181. The molecule has 0 spiro atoms. The molecule has 4 heteroatoms. The van der Waals surface area contributed by atoms with Gasteiger partial charge in [0.15, 0.2) is 0 Å². The van der Waals surface area contributed by atoms with Crippen LogP contribution in [-0.4, -0.2) is 36.2 Å². The van der Waals surface area contributed by atoms with Crippen LogP contribution in [0, 0.1) is 5.92 Å². The Morgan fingerprint density at radius 2 is 1.90 bits per heavy atom. The van der Waals surface area contributed by atoms with Crippen LogP contribution in [0.5, 0.6) is 5.75 Å². The van der Waals surface area contributed by atoms with E-state index in [9.17, 15) is 5.11 Å². The first-order chi connectivity index (χ1) is 9.75. The summed E-state index contributed by atoms with van der Waals surface area (Å²) in [7, 11) is 0. The summed E-state index contributed by atoms with van der Waals surface area (Å²) in [4.78, 5) is 2.59. The first-order valence-corrected chi connectivity index (χ1v) is 8.06. The van der Waals surface area contributed by atoms with Crippen molar-refractivity contribution >= 4 is 11.6 Å². The molecule has 3 rings (SSSR count). The molecule has 1 saturated carbocycles. The molecule has 0 radical (unpaired) electrons. The highest BCUT2D eigenvalue weighted by atomic mass is 35.5. The first kappa shape index (κ1) is 14.2. The number of phenols is 1. The van der Waals surface area contributed by atoms with E-state index in [-0.39, 0.29) is 5.75 Å². The van der Waals surface area contributed by atoms with Crippen molar-refractivity contribution < 1.29 is 5.11 Å². The molecule has 110 valence electrons. The normalized spacial score (nSPS) is 23.1. The maximum atomic E-state index is 9.65. The molecule has 0 aromatic heterocycles. The van der Waals surface area contributed by atoms with Gasteiger partial charge >= 0.3 is 0 Å². The fourth-order valence-electron chi connectivity index (χ4n) is 3.72. The molecule has 1 atom stereocenters. The van der Waals surface area contributed by atoms with Crippen LogP contribution in [0.15, 0.2) is 18.2 Å². The van der Waals surface area contributed by atoms with Gasteiger partial charge in [-0.1, -0.05) is 30.5 Å². The summed E-state index contributed by atoms with van der Waals surface area (Å²) in [6.45, 7) is 4.32. The van der Waals surface area contributed by atoms with Crippen LogP contribution >= 0.6 is 11.6 Å².